The highest BCUT2D eigenvalue weighted by Gasteiger charge is 2.36. The van der Waals surface area contributed by atoms with Gasteiger partial charge in [0.05, 0.1) is 10.6 Å². The summed E-state index contributed by atoms with van der Waals surface area (Å²) in [6.45, 7) is 4.09. The van der Waals surface area contributed by atoms with E-state index in [1.165, 1.54) is 4.31 Å². The molecule has 1 aliphatic heterocycles. The Labute approximate surface area is 187 Å². The molecule has 160 valence electrons. The van der Waals surface area contributed by atoms with Gasteiger partial charge in [-0.1, -0.05) is 67.9 Å². The first-order valence-electron chi connectivity index (χ1n) is 10.0. The van der Waals surface area contributed by atoms with E-state index in [-0.39, 0.29) is 18.0 Å². The Morgan fingerprint density at radius 2 is 1.71 bits per heavy atom. The van der Waals surface area contributed by atoms with Gasteiger partial charge in [-0.15, -0.1) is 0 Å². The Balaban J connectivity index is 1.68. The third kappa shape index (κ3) is 4.05. The number of amides is 1. The summed E-state index contributed by atoms with van der Waals surface area (Å²) in [5.41, 5.74) is 3.86. The van der Waals surface area contributed by atoms with Gasteiger partial charge in [0.25, 0.3) is 10.0 Å². The molecule has 0 unspecified atom stereocenters. The van der Waals surface area contributed by atoms with Crippen molar-refractivity contribution in [1.82, 2.24) is 5.32 Å². The van der Waals surface area contributed by atoms with Crippen LogP contribution in [0.3, 0.4) is 0 Å². The van der Waals surface area contributed by atoms with Gasteiger partial charge in [0.2, 0.25) is 5.91 Å². The maximum atomic E-state index is 13.4. The Hall–Kier alpha value is -2.83. The highest BCUT2D eigenvalue weighted by molar-refractivity contribution is 7.93. The summed E-state index contributed by atoms with van der Waals surface area (Å²) in [6.07, 6.45) is 0. The maximum absolute atomic E-state index is 13.4. The number of hydrogen-bond acceptors (Lipinski definition) is 3. The lowest BCUT2D eigenvalue weighted by Crippen LogP contribution is -2.42. The lowest BCUT2D eigenvalue weighted by atomic mass is 9.95. The first-order chi connectivity index (χ1) is 14.8. The lowest BCUT2D eigenvalue weighted by molar-refractivity contribution is -0.119. The quantitative estimate of drug-likeness (QED) is 0.592. The van der Waals surface area contributed by atoms with E-state index >= 15 is 0 Å². The van der Waals surface area contributed by atoms with Crippen LogP contribution in [0.2, 0.25) is 5.02 Å². The zero-order chi connectivity index (χ0) is 22.2. The van der Waals surface area contributed by atoms with Gasteiger partial charge in [-0.2, -0.15) is 0 Å². The van der Waals surface area contributed by atoms with Crippen LogP contribution in [0.1, 0.15) is 30.9 Å². The summed E-state index contributed by atoms with van der Waals surface area (Å²) in [5, 5.41) is 3.33. The Kier molecular flexibility index (Phi) is 5.77. The van der Waals surface area contributed by atoms with E-state index in [0.717, 1.165) is 16.7 Å². The van der Waals surface area contributed by atoms with Gasteiger partial charge >= 0.3 is 0 Å². The van der Waals surface area contributed by atoms with Crippen molar-refractivity contribution in [3.63, 3.8) is 0 Å². The first kappa shape index (κ1) is 21.4. The zero-order valence-electron chi connectivity index (χ0n) is 17.3. The molecular weight excluding hydrogens is 432 g/mol. The molecule has 0 fully saturated rings. The highest BCUT2D eigenvalue weighted by atomic mass is 35.5. The van der Waals surface area contributed by atoms with Gasteiger partial charge in [0.1, 0.15) is 6.54 Å². The van der Waals surface area contributed by atoms with Crippen LogP contribution in [-0.4, -0.2) is 20.9 Å². The van der Waals surface area contributed by atoms with E-state index in [1.807, 2.05) is 42.5 Å². The predicted octanol–water partition coefficient (Wildman–Crippen LogP) is 4.96. The molecule has 0 bridgehead atoms. The Bertz CT molecular complexity index is 1260. The van der Waals surface area contributed by atoms with Gasteiger partial charge in [0.15, 0.2) is 0 Å². The fraction of sp³-hybridized carbons (Fsp3) is 0.208. The number of rotatable bonds is 5. The molecule has 3 aromatic rings. The van der Waals surface area contributed by atoms with Gasteiger partial charge in [-0.25, -0.2) is 8.42 Å². The summed E-state index contributed by atoms with van der Waals surface area (Å²) in [6, 6.07) is 19.9. The average Bonchev–Trinajstić information content (AvgIpc) is 2.76. The second-order valence-electron chi connectivity index (χ2n) is 7.81. The van der Waals surface area contributed by atoms with Crippen LogP contribution in [0.15, 0.2) is 71.6 Å². The number of fused-ring (bicyclic) bond motifs is 3. The standard InChI is InChI=1S/C24H23ClN2O3S/c1-16(2)17-11-12-22-20(13-17)19-8-4-6-10-23(19)31(29,30)27(22)15-24(28)26-14-18-7-3-5-9-21(18)25/h3-13,16H,14-15H2,1-2H3,(H,26,28). The van der Waals surface area contributed by atoms with Crippen LogP contribution in [0.4, 0.5) is 5.69 Å². The molecule has 4 rings (SSSR count). The number of carbonyl (C=O) groups excluding carboxylic acids is 1. The number of benzene rings is 3. The van der Waals surface area contributed by atoms with Crippen LogP contribution < -0.4 is 9.62 Å². The van der Waals surface area contributed by atoms with E-state index in [0.29, 0.717) is 22.2 Å². The highest BCUT2D eigenvalue weighted by Crippen LogP contribution is 2.43. The van der Waals surface area contributed by atoms with Crippen molar-refractivity contribution in [1.29, 1.82) is 0 Å². The van der Waals surface area contributed by atoms with Crippen LogP contribution in [-0.2, 0) is 21.4 Å². The van der Waals surface area contributed by atoms with Crippen molar-refractivity contribution in [2.24, 2.45) is 0 Å². The molecule has 0 aliphatic carbocycles. The van der Waals surface area contributed by atoms with Gasteiger partial charge in [-0.05, 0) is 41.3 Å². The smallest absolute Gasteiger partial charge is 0.265 e. The molecular formula is C24H23ClN2O3S. The topological polar surface area (TPSA) is 66.5 Å². The van der Waals surface area contributed by atoms with Crippen LogP contribution in [0.5, 0.6) is 0 Å². The Morgan fingerprint density at radius 3 is 2.45 bits per heavy atom. The molecule has 1 heterocycles. The maximum Gasteiger partial charge on any atom is 0.265 e. The molecule has 0 spiro atoms. The predicted molar refractivity (Wildman–Crippen MR) is 124 cm³/mol. The molecule has 1 amide bonds. The summed E-state index contributed by atoms with van der Waals surface area (Å²) >= 11 is 6.15. The third-order valence-electron chi connectivity index (χ3n) is 5.42. The number of nitrogens with zero attached hydrogens (tertiary/aromatic N) is 1. The monoisotopic (exact) mass is 454 g/mol. The second-order valence-corrected chi connectivity index (χ2v) is 10.0. The van der Waals surface area contributed by atoms with E-state index in [4.69, 9.17) is 11.6 Å². The molecule has 0 saturated heterocycles. The fourth-order valence-electron chi connectivity index (χ4n) is 3.70. The summed E-state index contributed by atoms with van der Waals surface area (Å²) in [4.78, 5) is 12.9. The largest absolute Gasteiger partial charge is 0.350 e. The van der Waals surface area contributed by atoms with Crippen molar-refractivity contribution < 1.29 is 13.2 Å². The molecule has 0 radical (unpaired) electrons. The summed E-state index contributed by atoms with van der Waals surface area (Å²) in [5.74, 6) is -0.106. The number of anilines is 1. The minimum Gasteiger partial charge on any atom is -0.350 e. The normalized spacial score (nSPS) is 14.1. The molecule has 0 atom stereocenters. The molecule has 1 aliphatic rings. The molecule has 5 nitrogen and oxygen atoms in total. The van der Waals surface area contributed by atoms with Crippen LogP contribution in [0.25, 0.3) is 11.1 Å². The number of nitrogens with one attached hydrogen (secondary N) is 1. The zero-order valence-corrected chi connectivity index (χ0v) is 18.9. The van der Waals surface area contributed by atoms with Crippen molar-refractivity contribution in [2.45, 2.75) is 31.2 Å². The fourth-order valence-corrected chi connectivity index (χ4v) is 5.55. The molecule has 1 N–H and O–H groups in total. The minimum atomic E-state index is -3.87. The number of carbonyl (C=O) groups is 1. The van der Waals surface area contributed by atoms with E-state index in [9.17, 15) is 13.2 Å². The first-order valence-corrected chi connectivity index (χ1v) is 11.9. The van der Waals surface area contributed by atoms with Crippen molar-refractivity contribution in [3.8, 4) is 11.1 Å². The second kappa shape index (κ2) is 8.36. The van der Waals surface area contributed by atoms with E-state index in [2.05, 4.69) is 19.2 Å². The number of hydrogen-bond donors (Lipinski definition) is 1. The van der Waals surface area contributed by atoms with E-state index in [1.54, 1.807) is 24.3 Å². The molecule has 0 aromatic heterocycles. The molecule has 7 heteroatoms. The van der Waals surface area contributed by atoms with Gasteiger partial charge in [-0.3, -0.25) is 9.10 Å². The minimum absolute atomic E-state index is 0.210. The lowest BCUT2D eigenvalue weighted by Gasteiger charge is -2.32. The summed E-state index contributed by atoms with van der Waals surface area (Å²) in [7, 11) is -3.87. The van der Waals surface area contributed by atoms with Crippen molar-refractivity contribution in [3.05, 3.63) is 82.9 Å². The molecule has 0 saturated carbocycles. The van der Waals surface area contributed by atoms with E-state index < -0.39 is 15.9 Å². The Morgan fingerprint density at radius 1 is 1.00 bits per heavy atom. The van der Waals surface area contributed by atoms with Gasteiger partial charge < -0.3 is 5.32 Å². The van der Waals surface area contributed by atoms with Crippen molar-refractivity contribution >= 4 is 33.2 Å². The molecule has 3 aromatic carbocycles. The van der Waals surface area contributed by atoms with Crippen LogP contribution in [0, 0.1) is 0 Å². The molecule has 31 heavy (non-hydrogen) atoms. The van der Waals surface area contributed by atoms with Gasteiger partial charge in [0, 0.05) is 22.7 Å². The summed E-state index contributed by atoms with van der Waals surface area (Å²) < 4.78 is 27.9. The average molecular weight is 455 g/mol. The number of sulfonamides is 1. The van der Waals surface area contributed by atoms with Crippen LogP contribution >= 0.6 is 11.6 Å². The van der Waals surface area contributed by atoms with Crippen molar-refractivity contribution in [2.75, 3.05) is 10.8 Å². The third-order valence-corrected chi connectivity index (χ3v) is 7.61. The SMILES string of the molecule is CC(C)c1ccc2c(c1)-c1ccccc1S(=O)(=O)N2CC(=O)NCc1ccccc1Cl. The number of halogens is 1.